The number of anilines is 1. The van der Waals surface area contributed by atoms with E-state index in [1.165, 1.54) is 20.5 Å². The molecule has 0 unspecified atom stereocenters. The highest BCUT2D eigenvalue weighted by Crippen LogP contribution is 2.32. The van der Waals surface area contributed by atoms with Gasteiger partial charge in [0.2, 0.25) is 11.8 Å². The van der Waals surface area contributed by atoms with Crippen LogP contribution in [-0.2, 0) is 6.54 Å². The highest BCUT2D eigenvalue weighted by molar-refractivity contribution is 6.39. The lowest BCUT2D eigenvalue weighted by Gasteiger charge is -2.14. The Kier molecular flexibility index (Phi) is 4.87. The van der Waals surface area contributed by atoms with E-state index in [9.17, 15) is 0 Å². The number of nitrogens with one attached hydrogen (secondary N) is 1. The number of methoxy groups -OCH3 is 2. The molecule has 0 aliphatic rings. The lowest BCUT2D eigenvalue weighted by molar-refractivity contribution is 0.363. The lowest BCUT2D eigenvalue weighted by atomic mass is 10.2. The van der Waals surface area contributed by atoms with Crippen LogP contribution in [0.4, 0.5) is 5.69 Å². The van der Waals surface area contributed by atoms with Crippen molar-refractivity contribution in [1.82, 2.24) is 9.97 Å². The van der Waals surface area contributed by atoms with Crippen molar-refractivity contribution in [3.63, 3.8) is 0 Å². The van der Waals surface area contributed by atoms with Crippen LogP contribution in [0, 0.1) is 0 Å². The molecule has 1 N–H and O–H groups in total. The van der Waals surface area contributed by atoms with Gasteiger partial charge in [0.25, 0.3) is 0 Å². The SMILES string of the molecule is COc1ncnc(OC)c1CNc1c(Cl)cccc1Cl. The molecule has 1 aromatic heterocycles. The van der Waals surface area contributed by atoms with Crippen LogP contribution in [0.3, 0.4) is 0 Å². The molecular formula is C13H13Cl2N3O2. The first-order valence-electron chi connectivity index (χ1n) is 5.77. The predicted octanol–water partition coefficient (Wildman–Crippen LogP) is 3.41. The van der Waals surface area contributed by atoms with Crippen molar-refractivity contribution in [2.45, 2.75) is 6.54 Å². The molecule has 0 radical (unpaired) electrons. The molecule has 0 amide bonds. The zero-order chi connectivity index (χ0) is 14.5. The van der Waals surface area contributed by atoms with Crippen molar-refractivity contribution >= 4 is 28.9 Å². The van der Waals surface area contributed by atoms with E-state index in [2.05, 4.69) is 15.3 Å². The number of hydrogen-bond donors (Lipinski definition) is 1. The molecule has 0 atom stereocenters. The number of benzene rings is 1. The Bertz CT molecular complexity index is 566. The van der Waals surface area contributed by atoms with Gasteiger partial charge in [-0.1, -0.05) is 29.3 Å². The van der Waals surface area contributed by atoms with Gasteiger partial charge in [-0.25, -0.2) is 9.97 Å². The summed E-state index contributed by atoms with van der Waals surface area (Å²) in [5, 5.41) is 4.21. The summed E-state index contributed by atoms with van der Waals surface area (Å²) in [6, 6.07) is 5.29. The Labute approximate surface area is 126 Å². The van der Waals surface area contributed by atoms with Crippen LogP contribution in [0.1, 0.15) is 5.56 Å². The first kappa shape index (κ1) is 14.7. The van der Waals surface area contributed by atoms with Gasteiger partial charge in [-0.15, -0.1) is 0 Å². The predicted molar refractivity (Wildman–Crippen MR) is 78.9 cm³/mol. The number of ether oxygens (including phenoxy) is 2. The normalized spacial score (nSPS) is 10.2. The number of hydrogen-bond acceptors (Lipinski definition) is 5. The van der Waals surface area contributed by atoms with E-state index >= 15 is 0 Å². The molecule has 0 spiro atoms. The Morgan fingerprint density at radius 1 is 1.05 bits per heavy atom. The largest absolute Gasteiger partial charge is 0.481 e. The van der Waals surface area contributed by atoms with Gasteiger partial charge in [0.05, 0.1) is 42.1 Å². The van der Waals surface area contributed by atoms with Crippen LogP contribution in [0.2, 0.25) is 10.0 Å². The number of para-hydroxylation sites is 1. The molecule has 1 aromatic carbocycles. The summed E-state index contributed by atoms with van der Waals surface area (Å²) in [6.07, 6.45) is 1.38. The number of aromatic nitrogens is 2. The van der Waals surface area contributed by atoms with Crippen LogP contribution in [0.15, 0.2) is 24.5 Å². The summed E-state index contributed by atoms with van der Waals surface area (Å²) in [7, 11) is 3.07. The van der Waals surface area contributed by atoms with Gasteiger partial charge in [0.15, 0.2) is 0 Å². The molecule has 5 nitrogen and oxygen atoms in total. The van der Waals surface area contributed by atoms with E-state index in [-0.39, 0.29) is 0 Å². The number of rotatable bonds is 5. The molecular weight excluding hydrogens is 301 g/mol. The van der Waals surface area contributed by atoms with Gasteiger partial charge in [0, 0.05) is 0 Å². The van der Waals surface area contributed by atoms with Gasteiger partial charge in [0.1, 0.15) is 6.33 Å². The molecule has 0 fully saturated rings. The molecule has 0 saturated heterocycles. The molecule has 1 heterocycles. The fraction of sp³-hybridized carbons (Fsp3) is 0.231. The third-order valence-corrected chi connectivity index (χ3v) is 3.29. The third kappa shape index (κ3) is 3.05. The van der Waals surface area contributed by atoms with Gasteiger partial charge in [-0.05, 0) is 12.1 Å². The summed E-state index contributed by atoms with van der Waals surface area (Å²) < 4.78 is 10.4. The Morgan fingerprint density at radius 2 is 1.60 bits per heavy atom. The highest BCUT2D eigenvalue weighted by atomic mass is 35.5. The maximum atomic E-state index is 6.10. The van der Waals surface area contributed by atoms with Gasteiger partial charge in [-0.3, -0.25) is 0 Å². The second-order valence-electron chi connectivity index (χ2n) is 3.82. The topological polar surface area (TPSA) is 56.3 Å². The van der Waals surface area contributed by atoms with Crippen LogP contribution in [-0.4, -0.2) is 24.2 Å². The standard InChI is InChI=1S/C13H13Cl2N3O2/c1-19-12-8(13(20-2)18-7-17-12)6-16-11-9(14)4-3-5-10(11)15/h3-5,7,16H,6H2,1-2H3. The molecule has 0 aliphatic heterocycles. The van der Waals surface area contributed by atoms with Crippen molar-refractivity contribution in [2.24, 2.45) is 0 Å². The van der Waals surface area contributed by atoms with Crippen LogP contribution in [0.5, 0.6) is 11.8 Å². The fourth-order valence-corrected chi connectivity index (χ4v) is 2.26. The van der Waals surface area contributed by atoms with Gasteiger partial charge >= 0.3 is 0 Å². The molecule has 2 aromatic rings. The second kappa shape index (κ2) is 6.63. The van der Waals surface area contributed by atoms with Crippen LogP contribution in [0.25, 0.3) is 0 Å². The maximum absolute atomic E-state index is 6.10. The minimum atomic E-state index is 0.372. The second-order valence-corrected chi connectivity index (χ2v) is 4.64. The maximum Gasteiger partial charge on any atom is 0.225 e. The molecule has 7 heteroatoms. The monoisotopic (exact) mass is 313 g/mol. The summed E-state index contributed by atoms with van der Waals surface area (Å²) >= 11 is 12.2. The molecule has 20 heavy (non-hydrogen) atoms. The van der Waals surface area contributed by atoms with E-state index in [1.807, 2.05) is 0 Å². The summed E-state index contributed by atoms with van der Waals surface area (Å²) in [4.78, 5) is 8.09. The average Bonchev–Trinajstić information content (AvgIpc) is 2.46. The van der Waals surface area contributed by atoms with Crippen molar-refractivity contribution in [2.75, 3.05) is 19.5 Å². The molecule has 0 bridgehead atoms. The summed E-state index contributed by atoms with van der Waals surface area (Å²) in [5.41, 5.74) is 1.33. The van der Waals surface area contributed by atoms with Gasteiger partial charge in [-0.2, -0.15) is 0 Å². The summed E-state index contributed by atoms with van der Waals surface area (Å²) in [5.74, 6) is 0.875. The van der Waals surface area contributed by atoms with E-state index in [1.54, 1.807) is 18.2 Å². The van der Waals surface area contributed by atoms with Crippen LogP contribution < -0.4 is 14.8 Å². The minimum absolute atomic E-state index is 0.372. The first-order valence-corrected chi connectivity index (χ1v) is 6.52. The Morgan fingerprint density at radius 3 is 2.10 bits per heavy atom. The third-order valence-electron chi connectivity index (χ3n) is 2.66. The zero-order valence-electron chi connectivity index (χ0n) is 11.0. The van der Waals surface area contributed by atoms with E-state index < -0.39 is 0 Å². The van der Waals surface area contributed by atoms with Gasteiger partial charge < -0.3 is 14.8 Å². The highest BCUT2D eigenvalue weighted by Gasteiger charge is 2.14. The number of halogens is 2. The molecule has 0 saturated carbocycles. The smallest absolute Gasteiger partial charge is 0.225 e. The molecule has 2 rings (SSSR count). The summed E-state index contributed by atoms with van der Waals surface area (Å²) in [6.45, 7) is 0.372. The van der Waals surface area contributed by atoms with Crippen molar-refractivity contribution in [3.05, 3.63) is 40.1 Å². The fourth-order valence-electron chi connectivity index (χ4n) is 1.73. The molecule has 106 valence electrons. The lowest BCUT2D eigenvalue weighted by Crippen LogP contribution is -2.07. The van der Waals surface area contributed by atoms with Crippen molar-refractivity contribution in [1.29, 1.82) is 0 Å². The van der Waals surface area contributed by atoms with Crippen LogP contribution >= 0.6 is 23.2 Å². The molecule has 0 aliphatic carbocycles. The zero-order valence-corrected chi connectivity index (χ0v) is 12.5. The van der Waals surface area contributed by atoms with E-state index in [0.717, 1.165) is 0 Å². The average molecular weight is 314 g/mol. The van der Waals surface area contributed by atoms with E-state index in [4.69, 9.17) is 32.7 Å². The quantitative estimate of drug-likeness (QED) is 0.916. The van der Waals surface area contributed by atoms with Crippen molar-refractivity contribution < 1.29 is 9.47 Å². The first-order chi connectivity index (χ1) is 9.67. The number of nitrogens with zero attached hydrogens (tertiary/aromatic N) is 2. The Balaban J connectivity index is 2.27. The minimum Gasteiger partial charge on any atom is -0.481 e. The Hall–Kier alpha value is -1.72. The van der Waals surface area contributed by atoms with E-state index in [0.29, 0.717) is 39.6 Å². The van der Waals surface area contributed by atoms with Crippen molar-refractivity contribution in [3.8, 4) is 11.8 Å².